The van der Waals surface area contributed by atoms with Gasteiger partial charge in [0.25, 0.3) is 0 Å². The summed E-state index contributed by atoms with van der Waals surface area (Å²) >= 11 is 1.58. The number of nitrogens with one attached hydrogen (secondary N) is 1. The van der Waals surface area contributed by atoms with Crippen LogP contribution < -0.4 is 5.23 Å². The van der Waals surface area contributed by atoms with Crippen molar-refractivity contribution in [1.29, 1.82) is 0 Å². The van der Waals surface area contributed by atoms with Crippen LogP contribution in [0.5, 0.6) is 0 Å². The number of rotatable bonds is 1. The summed E-state index contributed by atoms with van der Waals surface area (Å²) in [5, 5.41) is 23.8. The molecular formula is C11H8N2O2S. The summed E-state index contributed by atoms with van der Waals surface area (Å²) in [6, 6.07) is 6.96. The van der Waals surface area contributed by atoms with Crippen molar-refractivity contribution in [2.45, 2.75) is 0 Å². The highest BCUT2D eigenvalue weighted by atomic mass is 32.1. The monoisotopic (exact) mass is 232 g/mol. The van der Waals surface area contributed by atoms with E-state index in [0.717, 1.165) is 22.2 Å². The molecule has 1 atom stereocenters. The number of hydrogen-bond acceptors (Lipinski definition) is 4. The number of quaternary nitrogens is 1. The maximum absolute atomic E-state index is 10.9. The molecule has 0 radical (unpaired) electrons. The van der Waals surface area contributed by atoms with E-state index in [0.29, 0.717) is 5.69 Å². The Morgan fingerprint density at radius 3 is 3.00 bits per heavy atom. The van der Waals surface area contributed by atoms with Gasteiger partial charge in [-0.05, 0) is 17.5 Å². The number of aromatic nitrogens is 1. The van der Waals surface area contributed by atoms with Crippen molar-refractivity contribution in [3.05, 3.63) is 40.2 Å². The van der Waals surface area contributed by atoms with Gasteiger partial charge in [0.05, 0.1) is 11.2 Å². The molecule has 0 fully saturated rings. The third-order valence-electron chi connectivity index (χ3n) is 2.54. The zero-order chi connectivity index (χ0) is 11.1. The molecule has 0 aliphatic carbocycles. The highest BCUT2D eigenvalue weighted by molar-refractivity contribution is 7.08. The highest BCUT2D eigenvalue weighted by Crippen LogP contribution is 2.32. The first-order chi connectivity index (χ1) is 7.75. The lowest BCUT2D eigenvalue weighted by Gasteiger charge is -2.10. The summed E-state index contributed by atoms with van der Waals surface area (Å²) in [4.78, 5) is 4.43. The molecule has 0 aromatic heterocycles. The highest BCUT2D eigenvalue weighted by Gasteiger charge is 2.12. The lowest BCUT2D eigenvalue weighted by atomic mass is 10.1. The van der Waals surface area contributed by atoms with Gasteiger partial charge in [-0.15, -0.1) is 0 Å². The van der Waals surface area contributed by atoms with Crippen LogP contribution in [0.1, 0.15) is 0 Å². The normalized spacial score (nSPS) is 13.4. The Kier molecular flexibility index (Phi) is 2.12. The van der Waals surface area contributed by atoms with Gasteiger partial charge >= 0.3 is 0 Å². The van der Waals surface area contributed by atoms with E-state index in [1.54, 1.807) is 29.5 Å². The molecule has 16 heavy (non-hydrogen) atoms. The molecule has 0 spiro atoms. The predicted molar refractivity (Wildman–Crippen MR) is 62.0 cm³/mol. The number of nitrogens with zero attached hydrogens (tertiary/aromatic N) is 1. The van der Waals surface area contributed by atoms with Crippen molar-refractivity contribution >= 4 is 27.9 Å². The smallest absolute Gasteiger partial charge is 0.164 e. The average Bonchev–Trinajstić information content (AvgIpc) is 2.66. The van der Waals surface area contributed by atoms with Gasteiger partial charge in [-0.1, -0.05) is 0 Å². The minimum Gasteiger partial charge on any atom is -0.595 e. The van der Waals surface area contributed by atoms with E-state index in [-0.39, 0.29) is 0 Å². The van der Waals surface area contributed by atoms with E-state index in [2.05, 4.69) is 4.98 Å². The van der Waals surface area contributed by atoms with E-state index in [1.165, 1.54) is 0 Å². The molecule has 2 aliphatic rings. The van der Waals surface area contributed by atoms with Gasteiger partial charge in [0.15, 0.2) is 5.69 Å². The van der Waals surface area contributed by atoms with Crippen LogP contribution in [0.25, 0.3) is 22.2 Å². The van der Waals surface area contributed by atoms with Crippen LogP contribution in [-0.2, 0) is 0 Å². The molecule has 2 heterocycles. The fourth-order valence-electron chi connectivity index (χ4n) is 1.77. The molecule has 5 heteroatoms. The van der Waals surface area contributed by atoms with Gasteiger partial charge in [-0.3, -0.25) is 0 Å². The third kappa shape index (κ3) is 1.38. The maximum Gasteiger partial charge on any atom is 0.164 e. The quantitative estimate of drug-likeness (QED) is 0.629. The van der Waals surface area contributed by atoms with Crippen LogP contribution >= 0.6 is 11.3 Å². The molecule has 0 amide bonds. The molecule has 80 valence electrons. The van der Waals surface area contributed by atoms with Crippen LogP contribution in [0, 0.1) is 5.21 Å². The largest absolute Gasteiger partial charge is 0.595 e. The van der Waals surface area contributed by atoms with Crippen molar-refractivity contribution in [1.82, 2.24) is 4.98 Å². The Bertz CT molecular complexity index is 621. The SMILES string of the molecule is [O-][NH+](O)c1ccc2nc3ccscc-3c2c1. The summed E-state index contributed by atoms with van der Waals surface area (Å²) in [5.74, 6) is 0. The second kappa shape index (κ2) is 3.50. The molecule has 2 aliphatic heterocycles. The summed E-state index contributed by atoms with van der Waals surface area (Å²) in [7, 11) is 0. The van der Waals surface area contributed by atoms with Crippen LogP contribution in [0.3, 0.4) is 0 Å². The standard InChI is InChI=1S/C11H8N2O2S/c14-13(15)7-1-2-10-8(5-7)9-6-16-4-3-11(9)12-10/h1-6,13-14H. The third-order valence-corrected chi connectivity index (χ3v) is 3.21. The summed E-state index contributed by atoms with van der Waals surface area (Å²) in [6.45, 7) is 0. The molecular weight excluding hydrogens is 224 g/mol. The summed E-state index contributed by atoms with van der Waals surface area (Å²) < 4.78 is 0. The fraction of sp³-hybridized carbons (Fsp3) is 0. The van der Waals surface area contributed by atoms with E-state index in [4.69, 9.17) is 5.21 Å². The second-order valence-corrected chi connectivity index (χ2v) is 4.28. The predicted octanol–water partition coefficient (Wildman–Crippen LogP) is 1.80. The van der Waals surface area contributed by atoms with Crippen LogP contribution in [0.2, 0.25) is 0 Å². The van der Waals surface area contributed by atoms with Crippen molar-refractivity contribution in [2.24, 2.45) is 0 Å². The Hall–Kier alpha value is -1.53. The minimum absolute atomic E-state index is 0.302. The fourth-order valence-corrected chi connectivity index (χ4v) is 2.44. The van der Waals surface area contributed by atoms with Gasteiger partial charge in [0, 0.05) is 28.5 Å². The van der Waals surface area contributed by atoms with Gasteiger partial charge in [0.2, 0.25) is 0 Å². The first-order valence-electron chi connectivity index (χ1n) is 4.75. The van der Waals surface area contributed by atoms with Crippen molar-refractivity contribution < 1.29 is 10.4 Å². The second-order valence-electron chi connectivity index (χ2n) is 3.50. The summed E-state index contributed by atoms with van der Waals surface area (Å²) in [5.41, 5.74) is 3.08. The molecule has 4 nitrogen and oxygen atoms in total. The van der Waals surface area contributed by atoms with E-state index >= 15 is 0 Å². The van der Waals surface area contributed by atoms with Gasteiger partial charge in [-0.2, -0.15) is 16.6 Å². The molecule has 1 aromatic carbocycles. The maximum atomic E-state index is 10.9. The lowest BCUT2D eigenvalue weighted by Crippen LogP contribution is -2.99. The topological polar surface area (TPSA) is 60.6 Å². The molecule has 0 saturated carbocycles. The number of hydrogen-bond donors (Lipinski definition) is 2. The Labute approximate surface area is 95.3 Å². The Morgan fingerprint density at radius 1 is 1.31 bits per heavy atom. The van der Waals surface area contributed by atoms with Crippen LogP contribution in [0.15, 0.2) is 35.0 Å². The van der Waals surface area contributed by atoms with E-state index in [9.17, 15) is 5.21 Å². The first kappa shape index (κ1) is 9.68. The van der Waals surface area contributed by atoms with Crippen molar-refractivity contribution in [3.8, 4) is 11.3 Å². The zero-order valence-corrected chi connectivity index (χ0v) is 8.99. The van der Waals surface area contributed by atoms with Gasteiger partial charge in [-0.25, -0.2) is 10.2 Å². The minimum atomic E-state index is -0.907. The molecule has 1 unspecified atom stereocenters. The average molecular weight is 232 g/mol. The van der Waals surface area contributed by atoms with Crippen molar-refractivity contribution in [2.75, 3.05) is 0 Å². The number of benzene rings is 1. The van der Waals surface area contributed by atoms with Crippen LogP contribution in [0.4, 0.5) is 5.69 Å². The molecule has 0 saturated heterocycles. The molecule has 1 aromatic rings. The van der Waals surface area contributed by atoms with Crippen LogP contribution in [-0.4, -0.2) is 10.2 Å². The number of fused-ring (bicyclic) bond motifs is 3. The Morgan fingerprint density at radius 2 is 2.19 bits per heavy atom. The lowest BCUT2D eigenvalue weighted by molar-refractivity contribution is -0.991. The van der Waals surface area contributed by atoms with Gasteiger partial charge < -0.3 is 5.21 Å². The molecule has 0 bridgehead atoms. The van der Waals surface area contributed by atoms with Gasteiger partial charge in [0.1, 0.15) is 0 Å². The Balaban J connectivity index is 2.34. The molecule has 2 N–H and O–H groups in total. The first-order valence-corrected chi connectivity index (χ1v) is 5.69. The zero-order valence-electron chi connectivity index (χ0n) is 8.18. The summed E-state index contributed by atoms with van der Waals surface area (Å²) in [6.07, 6.45) is 0. The molecule has 3 rings (SSSR count). The van der Waals surface area contributed by atoms with E-state index in [1.807, 2.05) is 16.8 Å². The van der Waals surface area contributed by atoms with Crippen molar-refractivity contribution in [3.63, 3.8) is 0 Å². The van der Waals surface area contributed by atoms with E-state index < -0.39 is 5.23 Å².